The lowest BCUT2D eigenvalue weighted by atomic mass is 10.2. The summed E-state index contributed by atoms with van der Waals surface area (Å²) in [5.74, 6) is 1.31. The maximum atomic E-state index is 13.3. The minimum Gasteiger partial charge on any atom is -0.369 e. The minimum atomic E-state index is -0.248. The van der Waals surface area contributed by atoms with Gasteiger partial charge in [-0.1, -0.05) is 35.5 Å². The third-order valence-corrected chi connectivity index (χ3v) is 6.55. The molecule has 0 saturated heterocycles. The highest BCUT2D eigenvalue weighted by Crippen LogP contribution is 2.28. The van der Waals surface area contributed by atoms with Gasteiger partial charge in [-0.2, -0.15) is 0 Å². The number of benzene rings is 3. The Morgan fingerprint density at radius 1 is 1.03 bits per heavy atom. The second-order valence-corrected chi connectivity index (χ2v) is 9.04. The van der Waals surface area contributed by atoms with Gasteiger partial charge in [0.15, 0.2) is 5.16 Å². The Kier molecular flexibility index (Phi) is 6.07. The number of aromatic nitrogens is 4. The summed E-state index contributed by atoms with van der Waals surface area (Å²) in [4.78, 5) is 14.8. The summed E-state index contributed by atoms with van der Waals surface area (Å²) >= 11 is 7.75. The summed E-state index contributed by atoms with van der Waals surface area (Å²) < 4.78 is 15.5. The van der Waals surface area contributed by atoms with Crippen molar-refractivity contribution in [3.05, 3.63) is 101 Å². The summed E-state index contributed by atoms with van der Waals surface area (Å²) in [6, 6.07) is 22.2. The Hall–Kier alpha value is -3.29. The third-order valence-electron chi connectivity index (χ3n) is 5.33. The van der Waals surface area contributed by atoms with Gasteiger partial charge in [0, 0.05) is 23.4 Å². The summed E-state index contributed by atoms with van der Waals surface area (Å²) in [6.45, 7) is 0.604. The Balaban J connectivity index is 1.43. The van der Waals surface area contributed by atoms with Crippen molar-refractivity contribution in [3.63, 3.8) is 0 Å². The number of imidazole rings is 2. The average Bonchev–Trinajstić information content (AvgIpc) is 3.42. The SMILES string of the molecule is CN(Cc1cnc(SCc2nc3ccccc3[nH]2)n1-c1ccc(Cl)cc1)c1ccc(F)cc1. The van der Waals surface area contributed by atoms with E-state index < -0.39 is 0 Å². The molecule has 5 rings (SSSR count). The fraction of sp³-hybridized carbons (Fsp3) is 0.120. The van der Waals surface area contributed by atoms with Crippen LogP contribution in [0.3, 0.4) is 0 Å². The molecule has 0 amide bonds. The molecule has 0 aliphatic rings. The summed E-state index contributed by atoms with van der Waals surface area (Å²) in [6.07, 6.45) is 1.88. The number of hydrogen-bond acceptors (Lipinski definition) is 4. The molecule has 5 nitrogen and oxygen atoms in total. The van der Waals surface area contributed by atoms with E-state index in [1.165, 1.54) is 12.1 Å². The average molecular weight is 478 g/mol. The number of halogens is 2. The highest BCUT2D eigenvalue weighted by molar-refractivity contribution is 7.98. The van der Waals surface area contributed by atoms with E-state index in [1.807, 2.05) is 61.8 Å². The van der Waals surface area contributed by atoms with E-state index in [-0.39, 0.29) is 5.82 Å². The van der Waals surface area contributed by atoms with Crippen LogP contribution >= 0.6 is 23.4 Å². The number of anilines is 1. The van der Waals surface area contributed by atoms with E-state index in [0.717, 1.165) is 39.1 Å². The number of H-pyrrole nitrogens is 1. The number of hydrogen-bond donors (Lipinski definition) is 1. The van der Waals surface area contributed by atoms with Crippen LogP contribution in [0.15, 0.2) is 84.1 Å². The first-order valence-corrected chi connectivity index (χ1v) is 11.8. The Bertz CT molecular complexity index is 1350. The predicted octanol–water partition coefficient (Wildman–Crippen LogP) is 6.47. The van der Waals surface area contributed by atoms with Crippen molar-refractivity contribution in [2.45, 2.75) is 17.5 Å². The molecule has 0 unspecified atom stereocenters. The van der Waals surface area contributed by atoms with Gasteiger partial charge >= 0.3 is 0 Å². The van der Waals surface area contributed by atoms with E-state index in [2.05, 4.69) is 19.4 Å². The lowest BCUT2D eigenvalue weighted by Crippen LogP contribution is -2.18. The van der Waals surface area contributed by atoms with Gasteiger partial charge < -0.3 is 9.88 Å². The predicted molar refractivity (Wildman–Crippen MR) is 133 cm³/mol. The third kappa shape index (κ3) is 4.74. The lowest BCUT2D eigenvalue weighted by Gasteiger charge is -2.21. The molecule has 0 saturated carbocycles. The van der Waals surface area contributed by atoms with Crippen LogP contribution in [0.25, 0.3) is 16.7 Å². The molecule has 1 N–H and O–H groups in total. The van der Waals surface area contributed by atoms with Crippen LogP contribution in [-0.2, 0) is 12.3 Å². The number of nitrogens with one attached hydrogen (secondary N) is 1. The van der Waals surface area contributed by atoms with E-state index in [4.69, 9.17) is 16.6 Å². The van der Waals surface area contributed by atoms with Crippen molar-refractivity contribution in [1.29, 1.82) is 0 Å². The zero-order chi connectivity index (χ0) is 22.8. The fourth-order valence-corrected chi connectivity index (χ4v) is 4.69. The molecule has 0 bridgehead atoms. The van der Waals surface area contributed by atoms with Crippen LogP contribution < -0.4 is 4.90 Å². The van der Waals surface area contributed by atoms with E-state index >= 15 is 0 Å². The number of aromatic amines is 1. The van der Waals surface area contributed by atoms with Crippen molar-refractivity contribution in [2.24, 2.45) is 0 Å². The van der Waals surface area contributed by atoms with Crippen molar-refractivity contribution in [1.82, 2.24) is 19.5 Å². The maximum Gasteiger partial charge on any atom is 0.173 e. The van der Waals surface area contributed by atoms with Crippen LogP contribution in [0.4, 0.5) is 10.1 Å². The maximum absolute atomic E-state index is 13.3. The second-order valence-electron chi connectivity index (χ2n) is 7.67. The molecule has 0 radical (unpaired) electrons. The van der Waals surface area contributed by atoms with Gasteiger partial charge in [-0.25, -0.2) is 14.4 Å². The number of fused-ring (bicyclic) bond motifs is 1. The van der Waals surface area contributed by atoms with Crippen molar-refractivity contribution >= 4 is 40.1 Å². The van der Waals surface area contributed by atoms with E-state index in [1.54, 1.807) is 23.9 Å². The van der Waals surface area contributed by atoms with Crippen LogP contribution in [0, 0.1) is 5.82 Å². The zero-order valence-electron chi connectivity index (χ0n) is 17.9. The molecule has 0 aliphatic carbocycles. The zero-order valence-corrected chi connectivity index (χ0v) is 19.4. The number of thioether (sulfide) groups is 1. The van der Waals surface area contributed by atoms with E-state index in [0.29, 0.717) is 17.3 Å². The summed E-state index contributed by atoms with van der Waals surface area (Å²) in [5.41, 5.74) is 4.89. The standard InChI is InChI=1S/C25H21ClFN5S/c1-31(19-12-8-18(27)9-13-19)15-21-14-28-25(32(21)20-10-6-17(26)7-11-20)33-16-24-29-22-4-2-3-5-23(22)30-24/h2-14H,15-16H2,1H3,(H,29,30). The molecular formula is C25H21ClFN5S. The normalized spacial score (nSPS) is 11.2. The molecule has 0 spiro atoms. The molecule has 8 heteroatoms. The van der Waals surface area contributed by atoms with Gasteiger partial charge in [0.1, 0.15) is 11.6 Å². The van der Waals surface area contributed by atoms with Gasteiger partial charge in [0.25, 0.3) is 0 Å². The smallest absolute Gasteiger partial charge is 0.173 e. The molecule has 0 fully saturated rings. The van der Waals surface area contributed by atoms with Gasteiger partial charge in [-0.3, -0.25) is 4.57 Å². The monoisotopic (exact) mass is 477 g/mol. The highest BCUT2D eigenvalue weighted by Gasteiger charge is 2.16. The topological polar surface area (TPSA) is 49.7 Å². The van der Waals surface area contributed by atoms with E-state index in [9.17, 15) is 4.39 Å². The molecule has 2 heterocycles. The Morgan fingerprint density at radius 3 is 2.55 bits per heavy atom. The van der Waals surface area contributed by atoms with Gasteiger partial charge in [-0.05, 0) is 60.7 Å². The van der Waals surface area contributed by atoms with Crippen LogP contribution in [0.1, 0.15) is 11.5 Å². The van der Waals surface area contributed by atoms with Crippen molar-refractivity contribution in [3.8, 4) is 5.69 Å². The summed E-state index contributed by atoms with van der Waals surface area (Å²) in [7, 11) is 1.98. The first kappa shape index (κ1) is 21.6. The van der Waals surface area contributed by atoms with Gasteiger partial charge in [-0.15, -0.1) is 0 Å². The molecule has 33 heavy (non-hydrogen) atoms. The van der Waals surface area contributed by atoms with Gasteiger partial charge in [0.05, 0.1) is 35.2 Å². The van der Waals surface area contributed by atoms with Crippen LogP contribution in [-0.4, -0.2) is 26.6 Å². The van der Waals surface area contributed by atoms with Crippen molar-refractivity contribution in [2.75, 3.05) is 11.9 Å². The van der Waals surface area contributed by atoms with Crippen LogP contribution in [0.2, 0.25) is 5.02 Å². The molecule has 5 aromatic rings. The number of rotatable bonds is 7. The molecule has 0 atom stereocenters. The fourth-order valence-electron chi connectivity index (χ4n) is 3.68. The quantitative estimate of drug-likeness (QED) is 0.273. The largest absolute Gasteiger partial charge is 0.369 e. The summed E-state index contributed by atoms with van der Waals surface area (Å²) in [5, 5.41) is 1.54. The first-order chi connectivity index (χ1) is 16.1. The van der Waals surface area contributed by atoms with Crippen molar-refractivity contribution < 1.29 is 4.39 Å². The number of para-hydroxylation sites is 2. The molecule has 166 valence electrons. The Morgan fingerprint density at radius 2 is 1.79 bits per heavy atom. The molecule has 0 aliphatic heterocycles. The minimum absolute atomic E-state index is 0.248. The lowest BCUT2D eigenvalue weighted by molar-refractivity contribution is 0.627. The first-order valence-electron chi connectivity index (χ1n) is 10.4. The second kappa shape index (κ2) is 9.29. The highest BCUT2D eigenvalue weighted by atomic mass is 35.5. The molecule has 2 aromatic heterocycles. The molecule has 3 aromatic carbocycles. The molecular weight excluding hydrogens is 457 g/mol. The number of nitrogens with zero attached hydrogens (tertiary/aromatic N) is 4. The Labute approximate surface area is 200 Å². The van der Waals surface area contributed by atoms with Crippen LogP contribution in [0.5, 0.6) is 0 Å². The van der Waals surface area contributed by atoms with Gasteiger partial charge in [0.2, 0.25) is 0 Å².